The highest BCUT2D eigenvalue weighted by Gasteiger charge is 2.22. The van der Waals surface area contributed by atoms with Crippen molar-refractivity contribution in [2.24, 2.45) is 0 Å². The maximum absolute atomic E-state index is 11.4. The zero-order valence-electron chi connectivity index (χ0n) is 9.27. The highest BCUT2D eigenvalue weighted by molar-refractivity contribution is 7.18. The number of amides is 2. The molecule has 88 valence electrons. The van der Waals surface area contributed by atoms with Crippen LogP contribution in [0.25, 0.3) is 10.2 Å². The van der Waals surface area contributed by atoms with E-state index in [1.807, 2.05) is 24.3 Å². The predicted octanol–water partition coefficient (Wildman–Crippen LogP) is 2.26. The molecule has 0 radical (unpaired) electrons. The fourth-order valence-electron chi connectivity index (χ4n) is 1.62. The number of rotatable bonds is 3. The average Bonchev–Trinajstić information content (AvgIpc) is 3.03. The van der Waals surface area contributed by atoms with Crippen LogP contribution in [0.5, 0.6) is 0 Å². The smallest absolute Gasteiger partial charge is 0.315 e. The monoisotopic (exact) mass is 247 g/mol. The van der Waals surface area contributed by atoms with E-state index in [4.69, 9.17) is 0 Å². The molecule has 4 nitrogen and oxygen atoms in total. The Kier molecular flexibility index (Phi) is 2.68. The molecule has 2 aromatic rings. The van der Waals surface area contributed by atoms with Crippen LogP contribution >= 0.6 is 11.3 Å². The maximum Gasteiger partial charge on any atom is 0.315 e. The van der Waals surface area contributed by atoms with Crippen LogP contribution in [0.15, 0.2) is 24.3 Å². The first kappa shape index (κ1) is 10.5. The van der Waals surface area contributed by atoms with Crippen molar-refractivity contribution in [3.05, 3.63) is 29.3 Å². The summed E-state index contributed by atoms with van der Waals surface area (Å²) < 4.78 is 1.16. The Morgan fingerprint density at radius 3 is 3.00 bits per heavy atom. The first-order valence-corrected chi connectivity index (χ1v) is 6.52. The molecule has 3 rings (SSSR count). The van der Waals surface area contributed by atoms with Gasteiger partial charge in [-0.1, -0.05) is 12.1 Å². The summed E-state index contributed by atoms with van der Waals surface area (Å²) in [6, 6.07) is 8.30. The number of urea groups is 1. The van der Waals surface area contributed by atoms with Crippen molar-refractivity contribution in [1.29, 1.82) is 0 Å². The highest BCUT2D eigenvalue weighted by atomic mass is 32.1. The Bertz CT molecular complexity index is 514. The van der Waals surface area contributed by atoms with Crippen molar-refractivity contribution in [3.63, 3.8) is 0 Å². The van der Waals surface area contributed by atoms with Gasteiger partial charge >= 0.3 is 6.03 Å². The van der Waals surface area contributed by atoms with Crippen LogP contribution in [0.2, 0.25) is 0 Å². The second kappa shape index (κ2) is 4.33. The minimum absolute atomic E-state index is 0.0910. The predicted molar refractivity (Wildman–Crippen MR) is 68.0 cm³/mol. The summed E-state index contributed by atoms with van der Waals surface area (Å²) in [5, 5.41) is 6.66. The molecule has 0 spiro atoms. The van der Waals surface area contributed by atoms with Crippen molar-refractivity contribution in [2.75, 3.05) is 0 Å². The summed E-state index contributed by atoms with van der Waals surface area (Å²) in [7, 11) is 0. The lowest BCUT2D eigenvalue weighted by Crippen LogP contribution is -2.36. The molecule has 0 aliphatic heterocycles. The molecule has 1 aliphatic carbocycles. The molecule has 1 aliphatic rings. The van der Waals surface area contributed by atoms with Crippen LogP contribution in [-0.2, 0) is 6.54 Å². The summed E-state index contributed by atoms with van der Waals surface area (Å²) in [5.41, 5.74) is 0.997. The molecule has 17 heavy (non-hydrogen) atoms. The van der Waals surface area contributed by atoms with Gasteiger partial charge in [0.2, 0.25) is 0 Å². The van der Waals surface area contributed by atoms with Crippen LogP contribution in [0.3, 0.4) is 0 Å². The molecular formula is C12H13N3OS. The van der Waals surface area contributed by atoms with Gasteiger partial charge in [0.05, 0.1) is 16.8 Å². The largest absolute Gasteiger partial charge is 0.335 e. The topological polar surface area (TPSA) is 54.0 Å². The lowest BCUT2D eigenvalue weighted by atomic mass is 10.3. The molecule has 1 heterocycles. The molecule has 1 fully saturated rings. The number of carbonyl (C=O) groups excluding carboxylic acids is 1. The number of para-hydroxylation sites is 1. The molecule has 1 saturated carbocycles. The van der Waals surface area contributed by atoms with E-state index >= 15 is 0 Å². The summed E-state index contributed by atoms with van der Waals surface area (Å²) in [4.78, 5) is 15.9. The summed E-state index contributed by atoms with van der Waals surface area (Å²) in [6.07, 6.45) is 2.21. The Morgan fingerprint density at radius 1 is 1.41 bits per heavy atom. The number of nitrogens with one attached hydrogen (secondary N) is 2. The zero-order valence-corrected chi connectivity index (χ0v) is 10.1. The van der Waals surface area contributed by atoms with Crippen LogP contribution < -0.4 is 10.6 Å². The summed E-state index contributed by atoms with van der Waals surface area (Å²) in [6.45, 7) is 0.498. The van der Waals surface area contributed by atoms with Gasteiger partial charge in [-0.2, -0.15) is 0 Å². The molecule has 0 bridgehead atoms. The van der Waals surface area contributed by atoms with E-state index in [0.29, 0.717) is 12.6 Å². The lowest BCUT2D eigenvalue weighted by Gasteiger charge is -2.03. The molecule has 1 aromatic heterocycles. The fourth-order valence-corrected chi connectivity index (χ4v) is 2.52. The van der Waals surface area contributed by atoms with Gasteiger partial charge in [0, 0.05) is 6.04 Å². The van der Waals surface area contributed by atoms with Crippen LogP contribution in [-0.4, -0.2) is 17.1 Å². The SMILES string of the molecule is O=C(NCc1nc2ccccc2s1)NC1CC1. The number of fused-ring (bicyclic) bond motifs is 1. The Hall–Kier alpha value is -1.62. The van der Waals surface area contributed by atoms with E-state index in [-0.39, 0.29) is 6.03 Å². The van der Waals surface area contributed by atoms with Gasteiger partial charge in [-0.3, -0.25) is 0 Å². The first-order chi connectivity index (χ1) is 8.31. The second-order valence-electron chi connectivity index (χ2n) is 4.18. The third-order valence-electron chi connectivity index (χ3n) is 2.65. The first-order valence-electron chi connectivity index (χ1n) is 5.70. The number of aromatic nitrogens is 1. The third kappa shape index (κ3) is 2.55. The van der Waals surface area contributed by atoms with Crippen LogP contribution in [0, 0.1) is 0 Å². The van der Waals surface area contributed by atoms with Gasteiger partial charge in [0.1, 0.15) is 5.01 Å². The molecule has 2 amide bonds. The maximum atomic E-state index is 11.4. The second-order valence-corrected chi connectivity index (χ2v) is 5.29. The van der Waals surface area contributed by atoms with Gasteiger partial charge in [-0.25, -0.2) is 9.78 Å². The number of carbonyl (C=O) groups is 1. The average molecular weight is 247 g/mol. The third-order valence-corrected chi connectivity index (χ3v) is 3.69. The number of hydrogen-bond acceptors (Lipinski definition) is 3. The lowest BCUT2D eigenvalue weighted by molar-refractivity contribution is 0.240. The van der Waals surface area contributed by atoms with Crippen molar-refractivity contribution in [2.45, 2.75) is 25.4 Å². The quantitative estimate of drug-likeness (QED) is 0.874. The number of nitrogens with zero attached hydrogens (tertiary/aromatic N) is 1. The minimum Gasteiger partial charge on any atom is -0.335 e. The van der Waals surface area contributed by atoms with Crippen LogP contribution in [0.4, 0.5) is 4.79 Å². The molecule has 0 unspecified atom stereocenters. The van der Waals surface area contributed by atoms with Gasteiger partial charge < -0.3 is 10.6 Å². The van der Waals surface area contributed by atoms with E-state index in [1.165, 1.54) is 0 Å². The van der Waals surface area contributed by atoms with Crippen molar-refractivity contribution in [1.82, 2.24) is 15.6 Å². The summed E-state index contributed by atoms with van der Waals surface area (Å²) >= 11 is 1.62. The van der Waals surface area contributed by atoms with E-state index in [2.05, 4.69) is 15.6 Å². The van der Waals surface area contributed by atoms with Crippen molar-refractivity contribution < 1.29 is 4.79 Å². The van der Waals surface area contributed by atoms with Gasteiger partial charge in [-0.05, 0) is 25.0 Å². The fraction of sp³-hybridized carbons (Fsp3) is 0.333. The van der Waals surface area contributed by atoms with Crippen molar-refractivity contribution >= 4 is 27.6 Å². The molecule has 0 saturated heterocycles. The van der Waals surface area contributed by atoms with Gasteiger partial charge in [-0.15, -0.1) is 11.3 Å². The van der Waals surface area contributed by atoms with Gasteiger partial charge in [0.25, 0.3) is 0 Å². The Balaban J connectivity index is 1.61. The zero-order chi connectivity index (χ0) is 11.7. The standard InChI is InChI=1S/C12H13N3OS/c16-12(14-8-5-6-8)13-7-11-15-9-3-1-2-4-10(9)17-11/h1-4,8H,5-7H2,(H2,13,14,16). The number of benzene rings is 1. The van der Waals surface area contributed by atoms with E-state index in [9.17, 15) is 4.79 Å². The number of hydrogen-bond donors (Lipinski definition) is 2. The van der Waals surface area contributed by atoms with E-state index in [1.54, 1.807) is 11.3 Å². The van der Waals surface area contributed by atoms with E-state index < -0.39 is 0 Å². The Labute approximate surface area is 103 Å². The van der Waals surface area contributed by atoms with Crippen molar-refractivity contribution in [3.8, 4) is 0 Å². The van der Waals surface area contributed by atoms with E-state index in [0.717, 1.165) is 28.1 Å². The molecule has 1 aromatic carbocycles. The Morgan fingerprint density at radius 2 is 2.24 bits per heavy atom. The molecule has 0 atom stereocenters. The molecular weight excluding hydrogens is 234 g/mol. The molecule has 5 heteroatoms. The molecule has 2 N–H and O–H groups in total. The summed E-state index contributed by atoms with van der Waals surface area (Å²) in [5.74, 6) is 0. The van der Waals surface area contributed by atoms with Gasteiger partial charge in [0.15, 0.2) is 0 Å². The normalized spacial score (nSPS) is 14.8. The van der Waals surface area contributed by atoms with Crippen LogP contribution in [0.1, 0.15) is 17.8 Å². The minimum atomic E-state index is -0.0910. The highest BCUT2D eigenvalue weighted by Crippen LogP contribution is 2.21. The number of thiazole rings is 1.